The van der Waals surface area contributed by atoms with Crippen LogP contribution in [0.5, 0.6) is 5.75 Å². The van der Waals surface area contributed by atoms with Crippen LogP contribution in [-0.4, -0.2) is 12.6 Å². The molecular weight excluding hydrogens is 174 g/mol. The lowest BCUT2D eigenvalue weighted by molar-refractivity contribution is 0.288. The second-order valence-electron chi connectivity index (χ2n) is 4.24. The molecule has 0 radical (unpaired) electrons. The molecule has 2 nitrogen and oxygen atoms in total. The van der Waals surface area contributed by atoms with E-state index in [-0.39, 0.29) is 0 Å². The minimum absolute atomic E-state index is 0.407. The lowest BCUT2D eigenvalue weighted by Crippen LogP contribution is -2.28. The average Bonchev–Trinajstić information content (AvgIpc) is 2.16. The van der Waals surface area contributed by atoms with E-state index in [9.17, 15) is 0 Å². The van der Waals surface area contributed by atoms with Crippen LogP contribution in [0.1, 0.15) is 32.3 Å². The van der Waals surface area contributed by atoms with Crippen LogP contribution in [0.15, 0.2) is 18.2 Å². The first-order valence-electron chi connectivity index (χ1n) is 5.20. The van der Waals surface area contributed by atoms with Gasteiger partial charge in [-0.1, -0.05) is 26.0 Å². The van der Waals surface area contributed by atoms with Gasteiger partial charge in [-0.3, -0.25) is 0 Å². The molecule has 1 N–H and O–H groups in total. The van der Waals surface area contributed by atoms with E-state index in [0.717, 1.165) is 18.0 Å². The van der Waals surface area contributed by atoms with Gasteiger partial charge in [-0.25, -0.2) is 0 Å². The highest BCUT2D eigenvalue weighted by molar-refractivity contribution is 5.62. The number of ether oxygens (including phenoxy) is 1. The standard InChI is InChI=1S/C12H17NO/c1-8(2)10-5-4-6-11-12(10)14-7-9(3)13-11/h4-6,8-9,13H,7H2,1-3H3. The number of hydrogen-bond donors (Lipinski definition) is 1. The number of fused-ring (bicyclic) bond motifs is 1. The molecule has 0 fully saturated rings. The molecule has 1 aliphatic heterocycles. The largest absolute Gasteiger partial charge is 0.489 e. The molecule has 0 aromatic heterocycles. The van der Waals surface area contributed by atoms with Crippen molar-refractivity contribution in [3.63, 3.8) is 0 Å². The Balaban J connectivity index is 2.41. The molecule has 1 aromatic carbocycles. The fourth-order valence-corrected chi connectivity index (χ4v) is 1.80. The first-order valence-corrected chi connectivity index (χ1v) is 5.20. The predicted octanol–water partition coefficient (Wildman–Crippen LogP) is 3.00. The topological polar surface area (TPSA) is 21.3 Å². The molecule has 0 bridgehead atoms. The van der Waals surface area contributed by atoms with Crippen LogP contribution in [-0.2, 0) is 0 Å². The van der Waals surface area contributed by atoms with Crippen molar-refractivity contribution in [2.75, 3.05) is 11.9 Å². The van der Waals surface area contributed by atoms with Gasteiger partial charge >= 0.3 is 0 Å². The van der Waals surface area contributed by atoms with Crippen molar-refractivity contribution in [3.05, 3.63) is 23.8 Å². The van der Waals surface area contributed by atoms with Gasteiger partial charge in [-0.2, -0.15) is 0 Å². The van der Waals surface area contributed by atoms with Crippen LogP contribution in [0.2, 0.25) is 0 Å². The average molecular weight is 191 g/mol. The lowest BCUT2D eigenvalue weighted by atomic mass is 10.0. The van der Waals surface area contributed by atoms with Crippen molar-refractivity contribution in [2.24, 2.45) is 0 Å². The maximum atomic E-state index is 5.77. The number of para-hydroxylation sites is 1. The van der Waals surface area contributed by atoms with Gasteiger partial charge in [0.15, 0.2) is 0 Å². The fourth-order valence-electron chi connectivity index (χ4n) is 1.80. The van der Waals surface area contributed by atoms with Crippen molar-refractivity contribution in [1.82, 2.24) is 0 Å². The molecule has 0 amide bonds. The summed E-state index contributed by atoms with van der Waals surface area (Å²) < 4.78 is 5.77. The van der Waals surface area contributed by atoms with Crippen LogP contribution in [0.4, 0.5) is 5.69 Å². The molecule has 0 saturated heterocycles. The van der Waals surface area contributed by atoms with E-state index in [2.05, 4.69) is 44.3 Å². The first kappa shape index (κ1) is 9.38. The van der Waals surface area contributed by atoms with Gasteiger partial charge in [-0.15, -0.1) is 0 Å². The molecule has 2 heteroatoms. The molecule has 1 atom stereocenters. The highest BCUT2D eigenvalue weighted by atomic mass is 16.5. The number of nitrogens with one attached hydrogen (secondary N) is 1. The fraction of sp³-hybridized carbons (Fsp3) is 0.500. The molecule has 0 spiro atoms. The van der Waals surface area contributed by atoms with E-state index < -0.39 is 0 Å². The molecule has 1 aliphatic rings. The maximum absolute atomic E-state index is 5.77. The van der Waals surface area contributed by atoms with Crippen molar-refractivity contribution >= 4 is 5.69 Å². The molecule has 14 heavy (non-hydrogen) atoms. The second kappa shape index (κ2) is 3.52. The Kier molecular flexibility index (Phi) is 2.36. The Labute approximate surface area is 85.3 Å². The van der Waals surface area contributed by atoms with Crippen molar-refractivity contribution in [1.29, 1.82) is 0 Å². The van der Waals surface area contributed by atoms with Gasteiger partial charge < -0.3 is 10.1 Å². The molecular formula is C12H17NO. The Morgan fingerprint density at radius 2 is 2.21 bits per heavy atom. The Morgan fingerprint density at radius 3 is 2.93 bits per heavy atom. The van der Waals surface area contributed by atoms with Crippen molar-refractivity contribution in [3.8, 4) is 5.75 Å². The van der Waals surface area contributed by atoms with Gasteiger partial charge in [-0.05, 0) is 24.5 Å². The molecule has 0 aliphatic carbocycles. The van der Waals surface area contributed by atoms with Crippen molar-refractivity contribution < 1.29 is 4.74 Å². The summed E-state index contributed by atoms with van der Waals surface area (Å²) in [5.41, 5.74) is 2.43. The third kappa shape index (κ3) is 1.57. The van der Waals surface area contributed by atoms with E-state index in [4.69, 9.17) is 4.74 Å². The summed E-state index contributed by atoms with van der Waals surface area (Å²) in [6.07, 6.45) is 0. The number of benzene rings is 1. The van der Waals surface area contributed by atoms with Crippen LogP contribution in [0.25, 0.3) is 0 Å². The van der Waals surface area contributed by atoms with Gasteiger partial charge in [0.1, 0.15) is 12.4 Å². The Hall–Kier alpha value is -1.18. The van der Waals surface area contributed by atoms with E-state index in [1.54, 1.807) is 0 Å². The zero-order valence-corrected chi connectivity index (χ0v) is 9.00. The molecule has 76 valence electrons. The van der Waals surface area contributed by atoms with Gasteiger partial charge in [0.05, 0.1) is 11.7 Å². The zero-order valence-electron chi connectivity index (χ0n) is 9.00. The number of rotatable bonds is 1. The first-order chi connectivity index (χ1) is 6.68. The molecule has 1 unspecified atom stereocenters. The van der Waals surface area contributed by atoms with Crippen LogP contribution in [0, 0.1) is 0 Å². The van der Waals surface area contributed by atoms with E-state index in [0.29, 0.717) is 12.0 Å². The van der Waals surface area contributed by atoms with E-state index >= 15 is 0 Å². The van der Waals surface area contributed by atoms with Gasteiger partial charge in [0.25, 0.3) is 0 Å². The highest BCUT2D eigenvalue weighted by Gasteiger charge is 2.18. The zero-order chi connectivity index (χ0) is 10.1. The van der Waals surface area contributed by atoms with E-state index in [1.807, 2.05) is 0 Å². The van der Waals surface area contributed by atoms with Crippen LogP contribution in [0.3, 0.4) is 0 Å². The summed E-state index contributed by atoms with van der Waals surface area (Å²) in [6.45, 7) is 7.27. The third-order valence-electron chi connectivity index (χ3n) is 2.55. The molecule has 2 rings (SSSR count). The summed E-state index contributed by atoms with van der Waals surface area (Å²) >= 11 is 0. The normalized spacial score (nSPS) is 19.9. The maximum Gasteiger partial charge on any atom is 0.145 e. The lowest BCUT2D eigenvalue weighted by Gasteiger charge is -2.27. The predicted molar refractivity (Wildman–Crippen MR) is 59.1 cm³/mol. The van der Waals surface area contributed by atoms with Crippen LogP contribution >= 0.6 is 0 Å². The third-order valence-corrected chi connectivity index (χ3v) is 2.55. The number of anilines is 1. The van der Waals surface area contributed by atoms with Crippen LogP contribution < -0.4 is 10.1 Å². The monoisotopic (exact) mass is 191 g/mol. The molecule has 1 heterocycles. The van der Waals surface area contributed by atoms with Gasteiger partial charge in [0, 0.05) is 0 Å². The minimum Gasteiger partial charge on any atom is -0.489 e. The van der Waals surface area contributed by atoms with Crippen molar-refractivity contribution in [2.45, 2.75) is 32.7 Å². The smallest absolute Gasteiger partial charge is 0.145 e. The summed E-state index contributed by atoms with van der Waals surface area (Å²) in [4.78, 5) is 0. The van der Waals surface area contributed by atoms with E-state index in [1.165, 1.54) is 5.56 Å². The molecule has 1 aromatic rings. The number of hydrogen-bond acceptors (Lipinski definition) is 2. The SMILES string of the molecule is CC1COc2c(cccc2C(C)C)N1. The Morgan fingerprint density at radius 1 is 1.43 bits per heavy atom. The highest BCUT2D eigenvalue weighted by Crippen LogP contribution is 2.36. The summed E-state index contributed by atoms with van der Waals surface area (Å²) in [6, 6.07) is 6.71. The Bertz CT molecular complexity index is 333. The minimum atomic E-state index is 0.407. The van der Waals surface area contributed by atoms with Gasteiger partial charge in [0.2, 0.25) is 0 Å². The summed E-state index contributed by atoms with van der Waals surface area (Å²) in [5.74, 6) is 1.56. The quantitative estimate of drug-likeness (QED) is 0.736. The second-order valence-corrected chi connectivity index (χ2v) is 4.24. The summed E-state index contributed by atoms with van der Waals surface area (Å²) in [5, 5.41) is 3.43. The molecule has 0 saturated carbocycles. The summed E-state index contributed by atoms with van der Waals surface area (Å²) in [7, 11) is 0.